The van der Waals surface area contributed by atoms with Crippen molar-refractivity contribution in [2.75, 3.05) is 44.9 Å². The number of fused-ring (bicyclic) bond motifs is 1. The predicted molar refractivity (Wildman–Crippen MR) is 82.1 cm³/mol. The van der Waals surface area contributed by atoms with Gasteiger partial charge in [-0.1, -0.05) is 12.1 Å². The Morgan fingerprint density at radius 1 is 1.33 bits per heavy atom. The average Bonchev–Trinajstić information content (AvgIpc) is 2.68. The fraction of sp³-hybridized carbons (Fsp3) is 0.625. The number of aliphatic hydroxyl groups excluding tert-OH is 1. The number of rotatable bonds is 7. The van der Waals surface area contributed by atoms with Crippen molar-refractivity contribution in [2.24, 2.45) is 0 Å². The zero-order valence-corrected chi connectivity index (χ0v) is 12.8. The topological polar surface area (TPSA) is 51.2 Å². The highest BCUT2D eigenvalue weighted by atomic mass is 16.5. The quantitative estimate of drug-likeness (QED) is 0.829. The van der Waals surface area contributed by atoms with Crippen LogP contribution in [-0.4, -0.2) is 57.3 Å². The highest BCUT2D eigenvalue weighted by molar-refractivity contribution is 5.59. The number of anilines is 1. The van der Waals surface area contributed by atoms with Crippen LogP contribution in [0.1, 0.15) is 13.3 Å². The number of β-amino-alcohol motifs (C(OH)–C–C–N with tert-alkyl or cyclic N) is 1. The molecule has 0 fully saturated rings. The number of para-hydroxylation sites is 2. The van der Waals surface area contributed by atoms with Crippen LogP contribution in [0.15, 0.2) is 24.3 Å². The molecule has 1 aromatic carbocycles. The van der Waals surface area contributed by atoms with Crippen molar-refractivity contribution in [2.45, 2.75) is 25.6 Å². The van der Waals surface area contributed by atoms with Crippen molar-refractivity contribution in [3.05, 3.63) is 24.3 Å². The van der Waals surface area contributed by atoms with Gasteiger partial charge >= 0.3 is 0 Å². The Bertz CT molecular complexity index is 426. The Hall–Kier alpha value is -1.30. The van der Waals surface area contributed by atoms with Gasteiger partial charge in [-0.2, -0.15) is 0 Å². The largest absolute Gasteiger partial charge is 0.491 e. The molecule has 2 rings (SSSR count). The highest BCUT2D eigenvalue weighted by Gasteiger charge is 2.19. The van der Waals surface area contributed by atoms with Crippen LogP contribution in [0.5, 0.6) is 5.75 Å². The molecule has 1 aromatic rings. The van der Waals surface area contributed by atoms with Gasteiger partial charge in [-0.25, -0.2) is 0 Å². The highest BCUT2D eigenvalue weighted by Crippen LogP contribution is 2.30. The second kappa shape index (κ2) is 8.22. The first-order valence-electron chi connectivity index (χ1n) is 7.46. The molecule has 5 nitrogen and oxygen atoms in total. The lowest BCUT2D eigenvalue weighted by Gasteiger charge is -2.26. The van der Waals surface area contributed by atoms with Crippen molar-refractivity contribution >= 4 is 5.69 Å². The van der Waals surface area contributed by atoms with Gasteiger partial charge in [-0.3, -0.25) is 0 Å². The molecule has 1 aliphatic heterocycles. The molecule has 1 N–H and O–H groups in total. The Morgan fingerprint density at radius 2 is 2.14 bits per heavy atom. The van der Waals surface area contributed by atoms with Gasteiger partial charge in [0.2, 0.25) is 0 Å². The molecule has 1 aliphatic rings. The summed E-state index contributed by atoms with van der Waals surface area (Å²) in [6.07, 6.45) is 0.405. The van der Waals surface area contributed by atoms with Crippen molar-refractivity contribution in [1.82, 2.24) is 0 Å². The molecule has 118 valence electrons. The second-order valence-electron chi connectivity index (χ2n) is 5.37. The van der Waals surface area contributed by atoms with Gasteiger partial charge in [0.1, 0.15) is 5.75 Å². The van der Waals surface area contributed by atoms with Crippen LogP contribution in [0, 0.1) is 0 Å². The maximum absolute atomic E-state index is 10.2. The third-order valence-electron chi connectivity index (χ3n) is 3.44. The first-order chi connectivity index (χ1) is 10.2. The van der Waals surface area contributed by atoms with Gasteiger partial charge in [0.05, 0.1) is 37.7 Å². The van der Waals surface area contributed by atoms with Gasteiger partial charge in [-0.05, 0) is 25.5 Å². The molecule has 0 aromatic heterocycles. The molecule has 5 heteroatoms. The maximum Gasteiger partial charge on any atom is 0.142 e. The van der Waals surface area contributed by atoms with E-state index in [4.69, 9.17) is 14.2 Å². The molecular formula is C16H25NO4. The molecular weight excluding hydrogens is 270 g/mol. The van der Waals surface area contributed by atoms with Crippen molar-refractivity contribution < 1.29 is 19.3 Å². The van der Waals surface area contributed by atoms with E-state index in [0.29, 0.717) is 26.4 Å². The second-order valence-corrected chi connectivity index (χ2v) is 5.37. The van der Waals surface area contributed by atoms with E-state index in [1.807, 2.05) is 31.2 Å². The summed E-state index contributed by atoms with van der Waals surface area (Å²) >= 11 is 0. The van der Waals surface area contributed by atoms with Crippen LogP contribution < -0.4 is 9.64 Å². The Morgan fingerprint density at radius 3 is 2.95 bits per heavy atom. The molecule has 1 heterocycles. The van der Waals surface area contributed by atoms with Crippen LogP contribution in [0.25, 0.3) is 0 Å². The molecule has 2 atom stereocenters. The molecule has 0 amide bonds. The predicted octanol–water partition coefficient (Wildman–Crippen LogP) is 1.69. The van der Waals surface area contributed by atoms with E-state index in [0.717, 1.165) is 24.4 Å². The molecule has 0 radical (unpaired) electrons. The van der Waals surface area contributed by atoms with E-state index in [1.165, 1.54) is 0 Å². The number of nitrogens with zero attached hydrogens (tertiary/aromatic N) is 1. The Balaban J connectivity index is 1.89. The summed E-state index contributed by atoms with van der Waals surface area (Å²) in [5, 5.41) is 10.2. The molecule has 0 bridgehead atoms. The number of hydrogen-bond donors (Lipinski definition) is 1. The zero-order chi connectivity index (χ0) is 15.1. The van der Waals surface area contributed by atoms with Gasteiger partial charge in [0.15, 0.2) is 0 Å². The number of ether oxygens (including phenoxy) is 3. The first kappa shape index (κ1) is 16.1. The SMILES string of the molecule is COCC(C)OCC(O)CN1CCCOc2ccccc21. The van der Waals surface area contributed by atoms with E-state index < -0.39 is 6.10 Å². The third-order valence-corrected chi connectivity index (χ3v) is 3.44. The van der Waals surface area contributed by atoms with E-state index in [9.17, 15) is 5.11 Å². The number of methoxy groups -OCH3 is 1. The lowest BCUT2D eigenvalue weighted by Crippen LogP contribution is -2.36. The minimum atomic E-state index is -0.532. The van der Waals surface area contributed by atoms with Crippen LogP contribution in [0.3, 0.4) is 0 Å². The zero-order valence-electron chi connectivity index (χ0n) is 12.8. The molecule has 0 saturated heterocycles. The fourth-order valence-corrected chi connectivity index (χ4v) is 2.45. The average molecular weight is 295 g/mol. The summed E-state index contributed by atoms with van der Waals surface area (Å²) in [7, 11) is 1.64. The smallest absolute Gasteiger partial charge is 0.142 e. The van der Waals surface area contributed by atoms with Crippen molar-refractivity contribution in [1.29, 1.82) is 0 Å². The minimum absolute atomic E-state index is 0.00981. The summed E-state index contributed by atoms with van der Waals surface area (Å²) in [5.74, 6) is 0.885. The van der Waals surface area contributed by atoms with E-state index >= 15 is 0 Å². The van der Waals surface area contributed by atoms with Crippen LogP contribution in [0.4, 0.5) is 5.69 Å². The van der Waals surface area contributed by atoms with Crippen molar-refractivity contribution in [3.8, 4) is 5.75 Å². The van der Waals surface area contributed by atoms with Crippen molar-refractivity contribution in [3.63, 3.8) is 0 Å². The number of aliphatic hydroxyl groups is 1. The monoisotopic (exact) mass is 295 g/mol. The third kappa shape index (κ3) is 4.88. The lowest BCUT2D eigenvalue weighted by molar-refractivity contribution is -0.0295. The van der Waals surface area contributed by atoms with Crippen LogP contribution in [-0.2, 0) is 9.47 Å². The van der Waals surface area contributed by atoms with Gasteiger partial charge < -0.3 is 24.2 Å². The van der Waals surface area contributed by atoms with Gasteiger partial charge in [0.25, 0.3) is 0 Å². The summed E-state index contributed by atoms with van der Waals surface area (Å²) in [6.45, 7) is 4.91. The van der Waals surface area contributed by atoms with Gasteiger partial charge in [0, 0.05) is 20.2 Å². The standard InChI is InChI=1S/C16H25NO4/c1-13(11-19-2)21-12-14(18)10-17-8-5-9-20-16-7-4-3-6-15(16)17/h3-4,6-7,13-14,18H,5,8-12H2,1-2H3. The van der Waals surface area contributed by atoms with Crippen LogP contribution in [0.2, 0.25) is 0 Å². The lowest BCUT2D eigenvalue weighted by atomic mass is 10.2. The summed E-state index contributed by atoms with van der Waals surface area (Å²) in [4.78, 5) is 2.16. The molecule has 0 saturated carbocycles. The van der Waals surface area contributed by atoms with E-state index in [1.54, 1.807) is 7.11 Å². The summed E-state index contributed by atoms with van der Waals surface area (Å²) in [6, 6.07) is 7.96. The molecule has 0 spiro atoms. The van der Waals surface area contributed by atoms with Crippen LogP contribution >= 0.6 is 0 Å². The number of hydrogen-bond acceptors (Lipinski definition) is 5. The maximum atomic E-state index is 10.2. The Kier molecular flexibility index (Phi) is 6.29. The summed E-state index contributed by atoms with van der Waals surface area (Å²) in [5.41, 5.74) is 1.04. The van der Waals surface area contributed by atoms with E-state index in [-0.39, 0.29) is 6.10 Å². The normalized spacial score (nSPS) is 17.6. The molecule has 21 heavy (non-hydrogen) atoms. The minimum Gasteiger partial charge on any atom is -0.491 e. The summed E-state index contributed by atoms with van der Waals surface area (Å²) < 4.78 is 16.3. The Labute approximate surface area is 126 Å². The van der Waals surface area contributed by atoms with Gasteiger partial charge in [-0.15, -0.1) is 0 Å². The molecule has 2 unspecified atom stereocenters. The van der Waals surface area contributed by atoms with E-state index in [2.05, 4.69) is 4.90 Å². The first-order valence-corrected chi connectivity index (χ1v) is 7.46. The molecule has 0 aliphatic carbocycles. The fourth-order valence-electron chi connectivity index (χ4n) is 2.45. The number of benzene rings is 1.